The highest BCUT2D eigenvalue weighted by molar-refractivity contribution is 5.70. The van der Waals surface area contributed by atoms with Gasteiger partial charge in [0.15, 0.2) is 5.82 Å². The number of benzene rings is 1. The van der Waals surface area contributed by atoms with Gasteiger partial charge in [-0.15, -0.1) is 0 Å². The Hall–Kier alpha value is -3.81. The second-order valence-electron chi connectivity index (χ2n) is 8.14. The SMILES string of the molecule is Cn1cc(-c2cccc(-c3ncc(-c4cnn(CCC5CCOC(=O)C5)c4)cn3)c2)cn1. The molecule has 8 nitrogen and oxygen atoms in total. The molecular weight excluding hydrogens is 404 g/mol. The zero-order chi connectivity index (χ0) is 21.9. The fourth-order valence-electron chi connectivity index (χ4n) is 3.97. The summed E-state index contributed by atoms with van der Waals surface area (Å²) in [6.45, 7) is 1.31. The number of carbonyl (C=O) groups is 1. The molecule has 0 amide bonds. The summed E-state index contributed by atoms with van der Waals surface area (Å²) in [6, 6.07) is 8.14. The van der Waals surface area contributed by atoms with Gasteiger partial charge < -0.3 is 4.74 Å². The first-order valence-electron chi connectivity index (χ1n) is 10.7. The van der Waals surface area contributed by atoms with Crippen molar-refractivity contribution >= 4 is 5.97 Å². The number of aromatic nitrogens is 6. The van der Waals surface area contributed by atoms with Crippen molar-refractivity contribution in [2.24, 2.45) is 13.0 Å². The molecule has 0 radical (unpaired) electrons. The van der Waals surface area contributed by atoms with Crippen molar-refractivity contribution in [1.29, 1.82) is 0 Å². The minimum atomic E-state index is -0.0920. The molecule has 32 heavy (non-hydrogen) atoms. The van der Waals surface area contributed by atoms with Gasteiger partial charge in [0.1, 0.15) is 0 Å². The highest BCUT2D eigenvalue weighted by atomic mass is 16.5. The smallest absolute Gasteiger partial charge is 0.306 e. The van der Waals surface area contributed by atoms with Crippen LogP contribution in [0.15, 0.2) is 61.4 Å². The molecule has 3 aromatic heterocycles. The monoisotopic (exact) mass is 428 g/mol. The summed E-state index contributed by atoms with van der Waals surface area (Å²) in [5, 5.41) is 8.70. The zero-order valence-corrected chi connectivity index (χ0v) is 17.9. The van der Waals surface area contributed by atoms with E-state index in [1.807, 2.05) is 61.0 Å². The van der Waals surface area contributed by atoms with Crippen molar-refractivity contribution < 1.29 is 9.53 Å². The van der Waals surface area contributed by atoms with Crippen LogP contribution in [0.25, 0.3) is 33.6 Å². The van der Waals surface area contributed by atoms with Crippen LogP contribution in [0, 0.1) is 5.92 Å². The molecule has 0 spiro atoms. The lowest BCUT2D eigenvalue weighted by Gasteiger charge is -2.20. The molecule has 5 rings (SSSR count). The lowest BCUT2D eigenvalue weighted by Crippen LogP contribution is -2.22. The largest absolute Gasteiger partial charge is 0.466 e. The second kappa shape index (κ2) is 8.74. The number of nitrogens with zero attached hydrogens (tertiary/aromatic N) is 6. The molecule has 162 valence electrons. The minimum absolute atomic E-state index is 0.0920. The Morgan fingerprint density at radius 2 is 1.75 bits per heavy atom. The van der Waals surface area contributed by atoms with Crippen LogP contribution in [0.5, 0.6) is 0 Å². The van der Waals surface area contributed by atoms with Gasteiger partial charge in [-0.05, 0) is 30.4 Å². The summed E-state index contributed by atoms with van der Waals surface area (Å²) >= 11 is 0. The molecule has 1 saturated heterocycles. The van der Waals surface area contributed by atoms with Crippen molar-refractivity contribution in [2.45, 2.75) is 25.8 Å². The van der Waals surface area contributed by atoms with Crippen molar-refractivity contribution in [1.82, 2.24) is 29.5 Å². The highest BCUT2D eigenvalue weighted by Gasteiger charge is 2.20. The van der Waals surface area contributed by atoms with Crippen LogP contribution in [0.3, 0.4) is 0 Å². The summed E-state index contributed by atoms with van der Waals surface area (Å²) in [7, 11) is 1.91. The minimum Gasteiger partial charge on any atom is -0.466 e. The molecule has 4 aromatic rings. The van der Waals surface area contributed by atoms with Gasteiger partial charge in [-0.2, -0.15) is 10.2 Å². The predicted octanol–water partition coefficient (Wildman–Crippen LogP) is 3.75. The fourth-order valence-corrected chi connectivity index (χ4v) is 3.97. The molecule has 0 aliphatic carbocycles. The van der Waals surface area contributed by atoms with Gasteiger partial charge in [-0.1, -0.05) is 18.2 Å². The van der Waals surface area contributed by atoms with E-state index in [2.05, 4.69) is 32.3 Å². The maximum absolute atomic E-state index is 11.4. The number of esters is 1. The van der Waals surface area contributed by atoms with E-state index in [9.17, 15) is 4.79 Å². The second-order valence-corrected chi connectivity index (χ2v) is 8.14. The molecule has 1 aliphatic rings. The van der Waals surface area contributed by atoms with Crippen LogP contribution >= 0.6 is 0 Å². The lowest BCUT2D eigenvalue weighted by molar-refractivity contribution is -0.149. The summed E-state index contributed by atoms with van der Waals surface area (Å²) in [6.07, 6.45) is 13.7. The first kappa shape index (κ1) is 20.1. The maximum atomic E-state index is 11.4. The van der Waals surface area contributed by atoms with Gasteiger partial charge in [-0.25, -0.2) is 9.97 Å². The molecule has 0 N–H and O–H groups in total. The van der Waals surface area contributed by atoms with Crippen LogP contribution in [0.4, 0.5) is 0 Å². The number of aryl methyl sites for hydroxylation is 2. The number of cyclic esters (lactones) is 1. The van der Waals surface area contributed by atoms with Crippen LogP contribution in [-0.4, -0.2) is 42.1 Å². The zero-order valence-electron chi connectivity index (χ0n) is 17.9. The highest BCUT2D eigenvalue weighted by Crippen LogP contribution is 2.25. The summed E-state index contributed by atoms with van der Waals surface area (Å²) in [5.74, 6) is 0.954. The molecule has 1 atom stereocenters. The summed E-state index contributed by atoms with van der Waals surface area (Å²) in [5.41, 5.74) is 4.99. The molecule has 1 aliphatic heterocycles. The van der Waals surface area contributed by atoms with Gasteiger partial charge in [-0.3, -0.25) is 14.2 Å². The fraction of sp³-hybridized carbons (Fsp3) is 0.292. The standard InChI is InChI=1S/C24H24N6O2/c1-29-15-21(13-27-29)18-3-2-4-19(10-18)24-25-11-20(12-26-24)22-14-28-30(16-22)7-5-17-6-8-32-23(31)9-17/h2-4,10-17H,5-9H2,1H3. The molecule has 4 heterocycles. The lowest BCUT2D eigenvalue weighted by atomic mass is 9.96. The molecule has 0 saturated carbocycles. The Bertz CT molecular complexity index is 1230. The number of ether oxygens (including phenoxy) is 1. The van der Waals surface area contributed by atoms with Crippen LogP contribution < -0.4 is 0 Å². The van der Waals surface area contributed by atoms with E-state index in [1.165, 1.54) is 0 Å². The van der Waals surface area contributed by atoms with Crippen molar-refractivity contribution in [3.05, 3.63) is 61.4 Å². The average molecular weight is 428 g/mol. The molecular formula is C24H24N6O2. The Morgan fingerprint density at radius 1 is 0.969 bits per heavy atom. The van der Waals surface area contributed by atoms with E-state index in [1.54, 1.807) is 4.68 Å². The van der Waals surface area contributed by atoms with Crippen LogP contribution in [0.2, 0.25) is 0 Å². The van der Waals surface area contributed by atoms with Gasteiger partial charge in [0, 0.05) is 67.1 Å². The van der Waals surface area contributed by atoms with E-state index in [0.29, 0.717) is 24.8 Å². The Labute approximate surface area is 185 Å². The third kappa shape index (κ3) is 4.44. The first-order chi connectivity index (χ1) is 15.6. The first-order valence-corrected chi connectivity index (χ1v) is 10.7. The summed E-state index contributed by atoms with van der Waals surface area (Å²) < 4.78 is 8.72. The van der Waals surface area contributed by atoms with Gasteiger partial charge >= 0.3 is 5.97 Å². The normalized spacial score (nSPS) is 16.2. The number of carbonyl (C=O) groups excluding carboxylic acids is 1. The van der Waals surface area contributed by atoms with Crippen LogP contribution in [-0.2, 0) is 23.1 Å². The average Bonchev–Trinajstić information content (AvgIpc) is 3.47. The Balaban J connectivity index is 1.27. The Morgan fingerprint density at radius 3 is 2.53 bits per heavy atom. The molecule has 1 fully saturated rings. The molecule has 1 unspecified atom stereocenters. The summed E-state index contributed by atoms with van der Waals surface area (Å²) in [4.78, 5) is 20.6. The quantitative estimate of drug-likeness (QED) is 0.435. The Kier molecular flexibility index (Phi) is 5.49. The number of hydrogen-bond donors (Lipinski definition) is 0. The topological polar surface area (TPSA) is 87.7 Å². The third-order valence-electron chi connectivity index (χ3n) is 5.79. The van der Waals surface area contributed by atoms with E-state index in [0.717, 1.165) is 47.2 Å². The number of rotatable bonds is 6. The van der Waals surface area contributed by atoms with Crippen molar-refractivity contribution in [3.8, 4) is 33.6 Å². The van der Waals surface area contributed by atoms with Gasteiger partial charge in [0.05, 0.1) is 19.0 Å². The maximum Gasteiger partial charge on any atom is 0.306 e. The predicted molar refractivity (Wildman–Crippen MR) is 119 cm³/mol. The van der Waals surface area contributed by atoms with E-state index < -0.39 is 0 Å². The van der Waals surface area contributed by atoms with Gasteiger partial charge in [0.2, 0.25) is 0 Å². The van der Waals surface area contributed by atoms with E-state index in [4.69, 9.17) is 4.74 Å². The van der Waals surface area contributed by atoms with Crippen molar-refractivity contribution in [3.63, 3.8) is 0 Å². The molecule has 0 bridgehead atoms. The van der Waals surface area contributed by atoms with E-state index >= 15 is 0 Å². The molecule has 1 aromatic carbocycles. The van der Waals surface area contributed by atoms with Crippen LogP contribution in [0.1, 0.15) is 19.3 Å². The van der Waals surface area contributed by atoms with Crippen molar-refractivity contribution in [2.75, 3.05) is 6.61 Å². The number of hydrogen-bond acceptors (Lipinski definition) is 6. The van der Waals surface area contributed by atoms with Gasteiger partial charge in [0.25, 0.3) is 0 Å². The van der Waals surface area contributed by atoms with E-state index in [-0.39, 0.29) is 5.97 Å². The third-order valence-corrected chi connectivity index (χ3v) is 5.79. The molecule has 8 heteroatoms.